The molecule has 0 atom stereocenters. The van der Waals surface area contributed by atoms with Crippen LogP contribution >= 0.6 is 0 Å². The summed E-state index contributed by atoms with van der Waals surface area (Å²) in [6, 6.07) is 12.4. The number of para-hydroxylation sites is 1. The molecule has 0 bridgehead atoms. The lowest BCUT2D eigenvalue weighted by atomic mass is 10.2. The van der Waals surface area contributed by atoms with Gasteiger partial charge < -0.3 is 20.5 Å². The van der Waals surface area contributed by atoms with E-state index in [1.54, 1.807) is 55.6 Å². The lowest BCUT2D eigenvalue weighted by molar-refractivity contribution is -0.120. The lowest BCUT2D eigenvalue weighted by Crippen LogP contribution is -2.20. The van der Waals surface area contributed by atoms with Crippen molar-refractivity contribution in [2.24, 2.45) is 10.7 Å². The summed E-state index contributed by atoms with van der Waals surface area (Å²) >= 11 is 0. The molecule has 0 saturated carbocycles. The van der Waals surface area contributed by atoms with Gasteiger partial charge in [-0.2, -0.15) is 0 Å². The molecule has 0 fully saturated rings. The molecule has 7 nitrogen and oxygen atoms in total. The molecule has 3 N–H and O–H groups in total. The minimum absolute atomic E-state index is 0.0473. The fourth-order valence-electron chi connectivity index (χ4n) is 2.12. The molecule has 0 aliphatic carbocycles. The number of primary amides is 1. The number of carbonyl (C=O) groups excluding carboxylic acids is 2. The first-order valence-corrected chi connectivity index (χ1v) is 8.05. The molecule has 0 aromatic heterocycles. The van der Waals surface area contributed by atoms with Crippen molar-refractivity contribution in [1.29, 1.82) is 0 Å². The first-order chi connectivity index (χ1) is 12.5. The molecule has 0 heterocycles. The summed E-state index contributed by atoms with van der Waals surface area (Å²) in [6.45, 7) is 1.53. The summed E-state index contributed by atoms with van der Waals surface area (Å²) in [5, 5.41) is 2.77. The Morgan fingerprint density at radius 2 is 1.92 bits per heavy atom. The van der Waals surface area contributed by atoms with E-state index in [0.717, 1.165) is 0 Å². The average Bonchev–Trinajstić information content (AvgIpc) is 2.65. The smallest absolute Gasteiger partial charge is 0.255 e. The molecular weight excluding hydrogens is 334 g/mol. The number of aliphatic imine (C=N–C) groups is 1. The van der Waals surface area contributed by atoms with Gasteiger partial charge >= 0.3 is 0 Å². The molecule has 7 heteroatoms. The quantitative estimate of drug-likeness (QED) is 0.711. The lowest BCUT2D eigenvalue weighted by Gasteiger charge is -2.11. The molecule has 0 aliphatic rings. The molecule has 136 valence electrons. The number of nitrogens with one attached hydrogen (secondary N) is 1. The molecule has 0 aliphatic heterocycles. The first kappa shape index (κ1) is 19.0. The monoisotopic (exact) mass is 355 g/mol. The Morgan fingerprint density at radius 1 is 1.19 bits per heavy atom. The zero-order valence-corrected chi connectivity index (χ0v) is 14.7. The zero-order chi connectivity index (χ0) is 18.9. The Hall–Kier alpha value is -3.35. The van der Waals surface area contributed by atoms with Crippen LogP contribution in [0.25, 0.3) is 0 Å². The van der Waals surface area contributed by atoms with Crippen LogP contribution in [-0.2, 0) is 9.59 Å². The Morgan fingerprint density at radius 3 is 2.54 bits per heavy atom. The van der Waals surface area contributed by atoms with E-state index in [-0.39, 0.29) is 12.5 Å². The molecular formula is C19H21N3O4. The highest BCUT2D eigenvalue weighted by molar-refractivity contribution is 5.91. The summed E-state index contributed by atoms with van der Waals surface area (Å²) in [6.07, 6.45) is 2.03. The van der Waals surface area contributed by atoms with E-state index >= 15 is 0 Å². The maximum Gasteiger partial charge on any atom is 0.255 e. The number of methoxy groups -OCH3 is 1. The van der Waals surface area contributed by atoms with E-state index in [1.165, 1.54) is 7.11 Å². The highest BCUT2D eigenvalue weighted by Gasteiger charge is 2.10. The van der Waals surface area contributed by atoms with Crippen molar-refractivity contribution in [1.82, 2.24) is 0 Å². The van der Waals surface area contributed by atoms with Gasteiger partial charge in [0.25, 0.3) is 5.91 Å². The number of nitrogens with zero attached hydrogens (tertiary/aromatic N) is 1. The van der Waals surface area contributed by atoms with Crippen LogP contribution in [0, 0.1) is 0 Å². The van der Waals surface area contributed by atoms with Gasteiger partial charge in [0.1, 0.15) is 0 Å². The molecule has 26 heavy (non-hydrogen) atoms. The highest BCUT2D eigenvalue weighted by Crippen LogP contribution is 2.30. The van der Waals surface area contributed by atoms with Gasteiger partial charge in [0, 0.05) is 23.9 Å². The number of amides is 2. The van der Waals surface area contributed by atoms with Crippen molar-refractivity contribution in [2.75, 3.05) is 19.0 Å². The SMILES string of the molecule is CCC(=O)Nc1ccc(N=Cc2cccc(OC)c2OCC(N)=O)cc1. The van der Waals surface area contributed by atoms with Crippen molar-refractivity contribution in [3.63, 3.8) is 0 Å². The fourth-order valence-corrected chi connectivity index (χ4v) is 2.12. The molecule has 0 unspecified atom stereocenters. The second-order valence-corrected chi connectivity index (χ2v) is 5.34. The van der Waals surface area contributed by atoms with E-state index < -0.39 is 5.91 Å². The Balaban J connectivity index is 2.18. The topological polar surface area (TPSA) is 103 Å². The van der Waals surface area contributed by atoms with Gasteiger partial charge in [-0.1, -0.05) is 13.0 Å². The third-order valence-corrected chi connectivity index (χ3v) is 3.41. The van der Waals surface area contributed by atoms with Crippen LogP contribution < -0.4 is 20.5 Å². The molecule has 0 saturated heterocycles. The van der Waals surface area contributed by atoms with Gasteiger partial charge in [-0.15, -0.1) is 0 Å². The zero-order valence-electron chi connectivity index (χ0n) is 14.7. The van der Waals surface area contributed by atoms with Crippen LogP contribution in [0.1, 0.15) is 18.9 Å². The van der Waals surface area contributed by atoms with Crippen LogP contribution in [0.5, 0.6) is 11.5 Å². The summed E-state index contributed by atoms with van der Waals surface area (Å²) < 4.78 is 10.7. The number of rotatable bonds is 8. The Labute approximate surface area is 151 Å². The first-order valence-electron chi connectivity index (χ1n) is 8.05. The second-order valence-electron chi connectivity index (χ2n) is 5.34. The van der Waals surface area contributed by atoms with Crippen molar-refractivity contribution in [2.45, 2.75) is 13.3 Å². The summed E-state index contributed by atoms with van der Waals surface area (Å²) in [7, 11) is 1.51. The number of anilines is 1. The minimum atomic E-state index is -0.580. The summed E-state index contributed by atoms with van der Waals surface area (Å²) in [5.41, 5.74) is 7.19. The van der Waals surface area contributed by atoms with E-state index in [0.29, 0.717) is 34.9 Å². The number of nitrogens with two attached hydrogens (primary N) is 1. The van der Waals surface area contributed by atoms with Crippen LogP contribution in [0.3, 0.4) is 0 Å². The van der Waals surface area contributed by atoms with Crippen LogP contribution in [0.4, 0.5) is 11.4 Å². The predicted octanol–water partition coefficient (Wildman–Crippen LogP) is 2.66. The van der Waals surface area contributed by atoms with Gasteiger partial charge in [-0.25, -0.2) is 0 Å². The number of hydrogen-bond donors (Lipinski definition) is 2. The van der Waals surface area contributed by atoms with Gasteiger partial charge in [0.05, 0.1) is 12.8 Å². The van der Waals surface area contributed by atoms with E-state index in [1.807, 2.05) is 0 Å². The number of hydrogen-bond acceptors (Lipinski definition) is 5. The normalized spacial score (nSPS) is 10.5. The summed E-state index contributed by atoms with van der Waals surface area (Å²) in [5.74, 6) is 0.245. The number of benzene rings is 2. The Bertz CT molecular complexity index is 801. The summed E-state index contributed by atoms with van der Waals surface area (Å²) in [4.78, 5) is 26.8. The van der Waals surface area contributed by atoms with Crippen molar-refractivity contribution in [3.8, 4) is 11.5 Å². The molecule has 2 aromatic carbocycles. The van der Waals surface area contributed by atoms with E-state index in [9.17, 15) is 9.59 Å². The maximum absolute atomic E-state index is 11.4. The second kappa shape index (κ2) is 9.22. The number of ether oxygens (including phenoxy) is 2. The maximum atomic E-state index is 11.4. The molecule has 2 rings (SSSR count). The van der Waals surface area contributed by atoms with Gasteiger partial charge in [-0.3, -0.25) is 14.6 Å². The number of carbonyl (C=O) groups is 2. The Kier molecular flexibility index (Phi) is 6.73. The van der Waals surface area contributed by atoms with Crippen molar-refractivity contribution >= 4 is 29.4 Å². The van der Waals surface area contributed by atoms with Crippen LogP contribution in [0.15, 0.2) is 47.5 Å². The predicted molar refractivity (Wildman–Crippen MR) is 100 cm³/mol. The molecule has 2 amide bonds. The van der Waals surface area contributed by atoms with Gasteiger partial charge in [-0.05, 0) is 36.4 Å². The van der Waals surface area contributed by atoms with Crippen LogP contribution in [-0.4, -0.2) is 31.7 Å². The highest BCUT2D eigenvalue weighted by atomic mass is 16.5. The fraction of sp³-hybridized carbons (Fsp3) is 0.211. The van der Waals surface area contributed by atoms with E-state index in [2.05, 4.69) is 10.3 Å². The van der Waals surface area contributed by atoms with Crippen molar-refractivity contribution < 1.29 is 19.1 Å². The van der Waals surface area contributed by atoms with Crippen molar-refractivity contribution in [3.05, 3.63) is 48.0 Å². The molecule has 0 radical (unpaired) electrons. The van der Waals surface area contributed by atoms with Gasteiger partial charge in [0.15, 0.2) is 18.1 Å². The minimum Gasteiger partial charge on any atom is -0.493 e. The standard InChI is InChI=1S/C19H21N3O4/c1-3-18(24)22-15-9-7-14(8-10-15)21-11-13-5-4-6-16(25-2)19(13)26-12-17(20)23/h4-11H,3,12H2,1-2H3,(H2,20,23)(H,22,24). The molecule has 0 spiro atoms. The van der Waals surface area contributed by atoms with E-state index in [4.69, 9.17) is 15.2 Å². The largest absolute Gasteiger partial charge is 0.493 e. The third kappa shape index (κ3) is 5.34. The molecule has 2 aromatic rings. The van der Waals surface area contributed by atoms with Gasteiger partial charge in [0.2, 0.25) is 5.91 Å². The third-order valence-electron chi connectivity index (χ3n) is 3.41. The van der Waals surface area contributed by atoms with Crippen LogP contribution in [0.2, 0.25) is 0 Å². The average molecular weight is 355 g/mol.